The van der Waals surface area contributed by atoms with Gasteiger partial charge in [0.05, 0.1) is 11.3 Å². The number of ether oxygens (including phenoxy) is 2. The summed E-state index contributed by atoms with van der Waals surface area (Å²) in [4.78, 5) is 25.4. The summed E-state index contributed by atoms with van der Waals surface area (Å²) in [5, 5.41) is 3.81. The minimum Gasteiger partial charge on any atom is -0.482 e. The van der Waals surface area contributed by atoms with E-state index >= 15 is 0 Å². The normalized spacial score (nSPS) is 14.0. The molecule has 25 heavy (non-hydrogen) atoms. The SMILES string of the molecule is Cc1noc(C)c1COC(=O)COc1cccc(N2CCCC2=O)c1. The largest absolute Gasteiger partial charge is 0.482 e. The number of aryl methyl sites for hydroxylation is 2. The molecule has 0 aliphatic carbocycles. The molecule has 1 fully saturated rings. The van der Waals surface area contributed by atoms with Gasteiger partial charge in [-0.1, -0.05) is 11.2 Å². The molecule has 0 spiro atoms. The van der Waals surface area contributed by atoms with Gasteiger partial charge in [0.25, 0.3) is 0 Å². The number of rotatable bonds is 6. The molecule has 1 aromatic heterocycles. The van der Waals surface area contributed by atoms with E-state index in [1.165, 1.54) is 0 Å². The third-order valence-electron chi connectivity index (χ3n) is 4.12. The number of anilines is 1. The number of benzene rings is 1. The van der Waals surface area contributed by atoms with Crippen LogP contribution in [0.15, 0.2) is 28.8 Å². The molecule has 0 saturated carbocycles. The summed E-state index contributed by atoms with van der Waals surface area (Å²) in [7, 11) is 0. The van der Waals surface area contributed by atoms with Gasteiger partial charge in [-0.15, -0.1) is 0 Å². The van der Waals surface area contributed by atoms with Crippen molar-refractivity contribution in [1.29, 1.82) is 0 Å². The predicted octanol–water partition coefficient (Wildman–Crippen LogP) is 2.54. The number of esters is 1. The number of aromatic nitrogens is 1. The zero-order valence-electron chi connectivity index (χ0n) is 14.3. The molecule has 0 radical (unpaired) electrons. The van der Waals surface area contributed by atoms with E-state index in [1.807, 2.05) is 6.07 Å². The van der Waals surface area contributed by atoms with Crippen LogP contribution in [0.2, 0.25) is 0 Å². The first-order valence-electron chi connectivity index (χ1n) is 8.15. The molecule has 0 unspecified atom stereocenters. The van der Waals surface area contributed by atoms with Gasteiger partial charge in [0.15, 0.2) is 6.61 Å². The van der Waals surface area contributed by atoms with E-state index in [-0.39, 0.29) is 19.1 Å². The van der Waals surface area contributed by atoms with Crippen molar-refractivity contribution in [2.45, 2.75) is 33.3 Å². The Balaban J connectivity index is 1.53. The molecular weight excluding hydrogens is 324 g/mol. The van der Waals surface area contributed by atoms with Crippen molar-refractivity contribution in [2.75, 3.05) is 18.1 Å². The summed E-state index contributed by atoms with van der Waals surface area (Å²) < 4.78 is 15.7. The third kappa shape index (κ3) is 3.99. The molecule has 132 valence electrons. The van der Waals surface area contributed by atoms with Gasteiger partial charge >= 0.3 is 5.97 Å². The van der Waals surface area contributed by atoms with Crippen LogP contribution in [0.1, 0.15) is 29.9 Å². The second-order valence-corrected chi connectivity index (χ2v) is 5.90. The zero-order chi connectivity index (χ0) is 17.8. The average molecular weight is 344 g/mol. The van der Waals surface area contributed by atoms with Gasteiger partial charge < -0.3 is 18.9 Å². The van der Waals surface area contributed by atoms with Gasteiger partial charge in [-0.2, -0.15) is 0 Å². The Morgan fingerprint density at radius 3 is 2.88 bits per heavy atom. The van der Waals surface area contributed by atoms with Crippen LogP contribution in [0, 0.1) is 13.8 Å². The Morgan fingerprint density at radius 1 is 1.36 bits per heavy atom. The highest BCUT2D eigenvalue weighted by molar-refractivity contribution is 5.95. The number of amides is 1. The Kier molecular flexibility index (Phi) is 5.02. The van der Waals surface area contributed by atoms with Crippen LogP contribution in [0.5, 0.6) is 5.75 Å². The van der Waals surface area contributed by atoms with Crippen LogP contribution >= 0.6 is 0 Å². The summed E-state index contributed by atoms with van der Waals surface area (Å²) in [6.07, 6.45) is 1.43. The highest BCUT2D eigenvalue weighted by Crippen LogP contribution is 2.25. The fourth-order valence-electron chi connectivity index (χ4n) is 2.71. The first kappa shape index (κ1) is 17.0. The smallest absolute Gasteiger partial charge is 0.344 e. The van der Waals surface area contributed by atoms with Gasteiger partial charge in [-0.05, 0) is 32.4 Å². The van der Waals surface area contributed by atoms with Crippen LogP contribution in [-0.2, 0) is 20.9 Å². The van der Waals surface area contributed by atoms with E-state index in [9.17, 15) is 9.59 Å². The van der Waals surface area contributed by atoms with Crippen LogP contribution in [-0.4, -0.2) is 30.2 Å². The zero-order valence-corrected chi connectivity index (χ0v) is 14.3. The highest BCUT2D eigenvalue weighted by atomic mass is 16.6. The van der Waals surface area contributed by atoms with E-state index in [4.69, 9.17) is 14.0 Å². The fourth-order valence-corrected chi connectivity index (χ4v) is 2.71. The van der Waals surface area contributed by atoms with Crippen molar-refractivity contribution in [2.24, 2.45) is 0 Å². The molecule has 3 rings (SSSR count). The molecule has 1 aliphatic rings. The molecule has 7 heteroatoms. The topological polar surface area (TPSA) is 81.9 Å². The Labute approximate surface area is 145 Å². The van der Waals surface area contributed by atoms with E-state index in [2.05, 4.69) is 5.16 Å². The van der Waals surface area contributed by atoms with Gasteiger partial charge in [0.1, 0.15) is 18.1 Å². The third-order valence-corrected chi connectivity index (χ3v) is 4.12. The minimum absolute atomic E-state index is 0.103. The molecule has 0 N–H and O–H groups in total. The number of nitrogens with zero attached hydrogens (tertiary/aromatic N) is 2. The Morgan fingerprint density at radius 2 is 2.20 bits per heavy atom. The van der Waals surface area contributed by atoms with Crippen molar-refractivity contribution < 1.29 is 23.6 Å². The molecule has 1 aliphatic heterocycles. The first-order valence-corrected chi connectivity index (χ1v) is 8.15. The van der Waals surface area contributed by atoms with Crippen LogP contribution < -0.4 is 9.64 Å². The lowest BCUT2D eigenvalue weighted by Crippen LogP contribution is -2.23. The van der Waals surface area contributed by atoms with Gasteiger partial charge in [-0.3, -0.25) is 4.79 Å². The highest BCUT2D eigenvalue weighted by Gasteiger charge is 2.22. The van der Waals surface area contributed by atoms with Crippen LogP contribution in [0.25, 0.3) is 0 Å². The number of carbonyl (C=O) groups is 2. The lowest BCUT2D eigenvalue weighted by Gasteiger charge is -2.16. The standard InChI is InChI=1S/C18H20N2O5/c1-12-16(13(2)25-19-12)10-24-18(22)11-23-15-6-3-5-14(9-15)20-8-4-7-17(20)21/h3,5-6,9H,4,7-8,10-11H2,1-2H3. The summed E-state index contributed by atoms with van der Waals surface area (Å²) in [5.74, 6) is 0.777. The molecule has 1 aromatic carbocycles. The maximum atomic E-state index is 11.9. The van der Waals surface area contributed by atoms with Gasteiger partial charge in [0, 0.05) is 24.7 Å². The maximum absolute atomic E-state index is 11.9. The number of carbonyl (C=O) groups excluding carboxylic acids is 2. The minimum atomic E-state index is -0.484. The summed E-state index contributed by atoms with van der Waals surface area (Å²) in [6, 6.07) is 7.15. The molecular formula is C18H20N2O5. The summed E-state index contributed by atoms with van der Waals surface area (Å²) in [6.45, 7) is 4.17. The van der Waals surface area contributed by atoms with Crippen molar-refractivity contribution in [3.8, 4) is 5.75 Å². The summed E-state index contributed by atoms with van der Waals surface area (Å²) in [5.41, 5.74) is 2.25. The monoisotopic (exact) mass is 344 g/mol. The van der Waals surface area contributed by atoms with Crippen LogP contribution in [0.3, 0.4) is 0 Å². The second kappa shape index (κ2) is 7.38. The Hall–Kier alpha value is -2.83. The van der Waals surface area contributed by atoms with E-state index in [1.54, 1.807) is 36.9 Å². The van der Waals surface area contributed by atoms with Crippen molar-refractivity contribution in [3.05, 3.63) is 41.3 Å². The van der Waals surface area contributed by atoms with Gasteiger partial charge in [0.2, 0.25) is 5.91 Å². The van der Waals surface area contributed by atoms with Crippen LogP contribution in [0.4, 0.5) is 5.69 Å². The quantitative estimate of drug-likeness (QED) is 0.749. The molecule has 2 heterocycles. The summed E-state index contributed by atoms with van der Waals surface area (Å²) >= 11 is 0. The molecule has 7 nitrogen and oxygen atoms in total. The van der Waals surface area contributed by atoms with E-state index in [0.29, 0.717) is 30.2 Å². The molecule has 1 amide bonds. The molecule has 2 aromatic rings. The predicted molar refractivity (Wildman–Crippen MR) is 89.3 cm³/mol. The molecule has 0 atom stereocenters. The lowest BCUT2D eigenvalue weighted by molar-refractivity contribution is -0.147. The van der Waals surface area contributed by atoms with Crippen molar-refractivity contribution >= 4 is 17.6 Å². The average Bonchev–Trinajstić information content (AvgIpc) is 3.17. The number of hydrogen-bond acceptors (Lipinski definition) is 6. The second-order valence-electron chi connectivity index (χ2n) is 5.90. The number of hydrogen-bond donors (Lipinski definition) is 0. The van der Waals surface area contributed by atoms with Crippen molar-refractivity contribution in [3.63, 3.8) is 0 Å². The van der Waals surface area contributed by atoms with E-state index < -0.39 is 5.97 Å². The first-order chi connectivity index (χ1) is 12.0. The van der Waals surface area contributed by atoms with Gasteiger partial charge in [-0.25, -0.2) is 4.79 Å². The fraction of sp³-hybridized carbons (Fsp3) is 0.389. The molecule has 0 bridgehead atoms. The van der Waals surface area contributed by atoms with E-state index in [0.717, 1.165) is 17.7 Å². The maximum Gasteiger partial charge on any atom is 0.344 e. The van der Waals surface area contributed by atoms with Crippen molar-refractivity contribution in [1.82, 2.24) is 5.16 Å². The molecule has 1 saturated heterocycles. The lowest BCUT2D eigenvalue weighted by atomic mass is 10.2. The Bertz CT molecular complexity index is 764.